The minimum Gasteiger partial charge on any atom is -0.443 e. The maximum Gasteiger partial charge on any atom is 0.414 e. The van der Waals surface area contributed by atoms with Crippen LogP contribution in [0.15, 0.2) is 24.3 Å². The molecule has 2 aromatic rings. The van der Waals surface area contributed by atoms with E-state index in [1.54, 1.807) is 9.80 Å². The van der Waals surface area contributed by atoms with Gasteiger partial charge in [-0.2, -0.15) is 0 Å². The Morgan fingerprint density at radius 3 is 2.83 bits per heavy atom. The van der Waals surface area contributed by atoms with E-state index in [1.807, 2.05) is 35.9 Å². The molecule has 2 N–H and O–H groups in total. The van der Waals surface area contributed by atoms with Gasteiger partial charge in [-0.25, -0.2) is 4.79 Å². The first-order valence-electron chi connectivity index (χ1n) is 7.65. The van der Waals surface area contributed by atoms with E-state index in [0.29, 0.717) is 25.3 Å². The summed E-state index contributed by atoms with van der Waals surface area (Å²) >= 11 is 0. The Hall–Kier alpha value is -2.54. The average Bonchev–Trinajstić information content (AvgIpc) is 3.11. The highest BCUT2D eigenvalue weighted by Crippen LogP contribution is 2.29. The fourth-order valence-corrected chi connectivity index (χ4v) is 3.25. The van der Waals surface area contributed by atoms with Crippen molar-refractivity contribution in [3.63, 3.8) is 0 Å². The molecule has 7 heteroatoms. The Morgan fingerprint density at radius 1 is 1.26 bits per heavy atom. The summed E-state index contributed by atoms with van der Waals surface area (Å²) in [5.74, 6) is 0.0257. The van der Waals surface area contributed by atoms with Crippen LogP contribution < -0.4 is 10.6 Å². The van der Waals surface area contributed by atoms with Gasteiger partial charge in [-0.15, -0.1) is 0 Å². The highest BCUT2D eigenvalue weighted by molar-refractivity contribution is 6.01. The van der Waals surface area contributed by atoms with E-state index < -0.39 is 0 Å². The van der Waals surface area contributed by atoms with E-state index in [0.717, 1.165) is 23.1 Å². The van der Waals surface area contributed by atoms with Crippen LogP contribution in [0.5, 0.6) is 0 Å². The van der Waals surface area contributed by atoms with Crippen LogP contribution in [-0.2, 0) is 11.3 Å². The van der Waals surface area contributed by atoms with Gasteiger partial charge in [0.25, 0.3) is 5.91 Å². The summed E-state index contributed by atoms with van der Waals surface area (Å²) in [5.41, 5.74) is 8.04. The molecule has 0 bridgehead atoms. The van der Waals surface area contributed by atoms with Crippen molar-refractivity contribution in [2.75, 3.05) is 31.6 Å². The second-order valence-electron chi connectivity index (χ2n) is 6.00. The molecular weight excluding hydrogens is 296 g/mol. The number of rotatable bonds is 2. The first-order chi connectivity index (χ1) is 11.1. The molecule has 23 heavy (non-hydrogen) atoms. The number of nitrogens with zero attached hydrogens (tertiary/aromatic N) is 3. The Bertz CT molecular complexity index is 813. The van der Waals surface area contributed by atoms with Gasteiger partial charge in [-0.3, -0.25) is 9.69 Å². The molecule has 1 saturated heterocycles. The fourth-order valence-electron chi connectivity index (χ4n) is 3.25. The predicted molar refractivity (Wildman–Crippen MR) is 85.6 cm³/mol. The van der Waals surface area contributed by atoms with Gasteiger partial charge in [0.2, 0.25) is 0 Å². The van der Waals surface area contributed by atoms with Crippen LogP contribution >= 0.6 is 0 Å². The van der Waals surface area contributed by atoms with Gasteiger partial charge in [0, 0.05) is 43.3 Å². The Balaban J connectivity index is 1.75. The molecule has 0 aliphatic carbocycles. The number of likely N-dealkylation sites (N-methyl/N-ethyl adjacent to an activating group) is 1. The van der Waals surface area contributed by atoms with Crippen molar-refractivity contribution >= 4 is 28.6 Å². The van der Waals surface area contributed by atoms with Crippen LogP contribution in [0, 0.1) is 0 Å². The van der Waals surface area contributed by atoms with Gasteiger partial charge in [-0.05, 0) is 24.3 Å². The van der Waals surface area contributed by atoms with E-state index in [4.69, 9.17) is 10.5 Å². The van der Waals surface area contributed by atoms with Gasteiger partial charge >= 0.3 is 6.09 Å². The molecule has 120 valence electrons. The minimum absolute atomic E-state index is 0.0257. The molecule has 3 heterocycles. The number of hydrogen-bond acceptors (Lipinski definition) is 4. The number of cyclic esters (lactones) is 1. The van der Waals surface area contributed by atoms with Crippen LogP contribution in [-0.4, -0.2) is 54.3 Å². The second kappa shape index (κ2) is 4.99. The third kappa shape index (κ3) is 2.08. The van der Waals surface area contributed by atoms with Gasteiger partial charge in [0.1, 0.15) is 11.8 Å². The summed E-state index contributed by atoms with van der Waals surface area (Å²) in [6, 6.07) is 7.65. The molecule has 1 aromatic carbocycles. The molecular formula is C16H18N4O3. The summed E-state index contributed by atoms with van der Waals surface area (Å²) in [5, 5.41) is 0.949. The average molecular weight is 314 g/mol. The number of aromatic nitrogens is 1. The number of hydrogen-bond donors (Lipinski definition) is 1. The molecule has 0 spiro atoms. The fraction of sp³-hybridized carbons (Fsp3) is 0.375. The maximum atomic E-state index is 12.3. The van der Waals surface area contributed by atoms with Crippen LogP contribution in [0.25, 0.3) is 10.9 Å². The maximum absolute atomic E-state index is 12.3. The standard InChI is InChI=1S/C16H18N4O3/c1-18-4-5-19-13-3-2-11(6-10(13)7-14(19)15(18)21)20-9-12(8-17)23-16(20)22/h2-3,6-7,12H,4-5,8-9,17H2,1H3/t12-/m0/s1. The van der Waals surface area contributed by atoms with Crippen LogP contribution in [0.2, 0.25) is 0 Å². The molecule has 0 unspecified atom stereocenters. The lowest BCUT2D eigenvalue weighted by atomic mass is 10.2. The lowest BCUT2D eigenvalue weighted by molar-refractivity contribution is 0.0751. The first kappa shape index (κ1) is 14.1. The topological polar surface area (TPSA) is 80.8 Å². The zero-order chi connectivity index (χ0) is 16.1. The molecule has 0 saturated carbocycles. The van der Waals surface area contributed by atoms with Crippen molar-refractivity contribution in [3.05, 3.63) is 30.0 Å². The third-order valence-corrected chi connectivity index (χ3v) is 4.56. The predicted octanol–water partition coefficient (Wildman–Crippen LogP) is 1.01. The Morgan fingerprint density at radius 2 is 2.09 bits per heavy atom. The van der Waals surface area contributed by atoms with E-state index in [9.17, 15) is 9.59 Å². The van der Waals surface area contributed by atoms with E-state index in [2.05, 4.69) is 0 Å². The Kier molecular flexibility index (Phi) is 3.05. The summed E-state index contributed by atoms with van der Waals surface area (Å²) in [6.07, 6.45) is -0.643. The molecule has 1 fully saturated rings. The van der Waals surface area contributed by atoms with Crippen molar-refractivity contribution in [1.82, 2.24) is 9.47 Å². The molecule has 0 radical (unpaired) electrons. The van der Waals surface area contributed by atoms with E-state index in [-0.39, 0.29) is 18.1 Å². The highest BCUT2D eigenvalue weighted by Gasteiger charge is 2.32. The highest BCUT2D eigenvalue weighted by atomic mass is 16.6. The van der Waals surface area contributed by atoms with Crippen molar-refractivity contribution in [3.8, 4) is 0 Å². The van der Waals surface area contributed by atoms with Crippen LogP contribution in [0.3, 0.4) is 0 Å². The van der Waals surface area contributed by atoms with Crippen molar-refractivity contribution in [1.29, 1.82) is 0 Å². The van der Waals surface area contributed by atoms with E-state index >= 15 is 0 Å². The number of ether oxygens (including phenoxy) is 1. The summed E-state index contributed by atoms with van der Waals surface area (Å²) in [7, 11) is 1.81. The molecule has 2 aliphatic rings. The lowest BCUT2D eigenvalue weighted by Gasteiger charge is -2.24. The number of carbonyl (C=O) groups excluding carboxylic acids is 2. The lowest BCUT2D eigenvalue weighted by Crippen LogP contribution is -2.36. The van der Waals surface area contributed by atoms with Crippen molar-refractivity contribution in [2.45, 2.75) is 12.6 Å². The normalized spacial score (nSPS) is 21.0. The molecule has 7 nitrogen and oxygen atoms in total. The number of anilines is 1. The largest absolute Gasteiger partial charge is 0.443 e. The van der Waals surface area contributed by atoms with Gasteiger partial charge < -0.3 is 19.9 Å². The summed E-state index contributed by atoms with van der Waals surface area (Å²) < 4.78 is 7.23. The number of fused-ring (bicyclic) bond motifs is 3. The summed E-state index contributed by atoms with van der Waals surface area (Å²) in [6.45, 7) is 2.25. The van der Waals surface area contributed by atoms with Gasteiger partial charge in [-0.1, -0.05) is 0 Å². The minimum atomic E-state index is -0.375. The third-order valence-electron chi connectivity index (χ3n) is 4.56. The molecule has 1 atom stereocenters. The van der Waals surface area contributed by atoms with Crippen molar-refractivity contribution < 1.29 is 14.3 Å². The van der Waals surface area contributed by atoms with Crippen LogP contribution in [0.4, 0.5) is 10.5 Å². The number of amides is 2. The van der Waals surface area contributed by atoms with Gasteiger partial charge in [0.05, 0.1) is 6.54 Å². The SMILES string of the molecule is CN1CCn2c(cc3cc(N4C[C@H](CN)OC4=O)ccc32)C1=O. The first-order valence-corrected chi connectivity index (χ1v) is 7.65. The molecule has 2 amide bonds. The van der Waals surface area contributed by atoms with Crippen molar-refractivity contribution in [2.24, 2.45) is 5.73 Å². The van der Waals surface area contributed by atoms with Crippen LogP contribution in [0.1, 0.15) is 10.5 Å². The summed E-state index contributed by atoms with van der Waals surface area (Å²) in [4.78, 5) is 27.5. The quantitative estimate of drug-likeness (QED) is 0.897. The molecule has 2 aliphatic heterocycles. The monoisotopic (exact) mass is 314 g/mol. The molecule has 1 aromatic heterocycles. The number of benzene rings is 1. The number of carbonyl (C=O) groups is 2. The molecule has 4 rings (SSSR count). The van der Waals surface area contributed by atoms with Gasteiger partial charge in [0.15, 0.2) is 0 Å². The number of nitrogens with two attached hydrogens (primary N) is 1. The Labute approximate surface area is 133 Å². The zero-order valence-corrected chi connectivity index (χ0v) is 12.9. The van der Waals surface area contributed by atoms with E-state index in [1.165, 1.54) is 0 Å². The second-order valence-corrected chi connectivity index (χ2v) is 6.00. The zero-order valence-electron chi connectivity index (χ0n) is 12.9. The smallest absolute Gasteiger partial charge is 0.414 e.